The van der Waals surface area contributed by atoms with E-state index in [-0.39, 0.29) is 31.1 Å². The number of ether oxygens (including phenoxy) is 3. The Morgan fingerprint density at radius 2 is 0.481 bits per heavy atom. The van der Waals surface area contributed by atoms with Crippen molar-refractivity contribution in [3.05, 3.63) is 72.9 Å². The van der Waals surface area contributed by atoms with Gasteiger partial charge in [0.2, 0.25) is 0 Å². The van der Waals surface area contributed by atoms with Crippen LogP contribution in [-0.4, -0.2) is 37.2 Å². The average Bonchev–Trinajstić information content (AvgIpc) is 3.47. The maximum atomic E-state index is 12.9. The molecule has 0 aliphatic rings. The van der Waals surface area contributed by atoms with Crippen molar-refractivity contribution >= 4 is 17.9 Å². The Morgan fingerprint density at radius 3 is 0.753 bits per heavy atom. The first-order valence-corrected chi connectivity index (χ1v) is 35.4. The van der Waals surface area contributed by atoms with Crippen LogP contribution < -0.4 is 0 Å². The third kappa shape index (κ3) is 67.5. The van der Waals surface area contributed by atoms with E-state index in [4.69, 9.17) is 14.2 Å². The quantitative estimate of drug-likeness (QED) is 0.0261. The van der Waals surface area contributed by atoms with Crippen LogP contribution >= 0.6 is 0 Å². The second kappa shape index (κ2) is 69.3. The van der Waals surface area contributed by atoms with Crippen LogP contribution in [0.25, 0.3) is 0 Å². The van der Waals surface area contributed by atoms with Crippen molar-refractivity contribution in [2.45, 2.75) is 374 Å². The minimum absolute atomic E-state index is 0.0700. The van der Waals surface area contributed by atoms with Gasteiger partial charge in [0.15, 0.2) is 6.10 Å². The molecule has 0 aliphatic carbocycles. The highest BCUT2D eigenvalue weighted by molar-refractivity contribution is 5.71. The van der Waals surface area contributed by atoms with E-state index in [1.54, 1.807) is 0 Å². The molecule has 1 atom stereocenters. The second-order valence-electron chi connectivity index (χ2n) is 23.8. The van der Waals surface area contributed by atoms with Gasteiger partial charge in [0.05, 0.1) is 0 Å². The summed E-state index contributed by atoms with van der Waals surface area (Å²) in [4.78, 5) is 38.1. The lowest BCUT2D eigenvalue weighted by molar-refractivity contribution is -0.167. The van der Waals surface area contributed by atoms with Gasteiger partial charge in [-0.15, -0.1) is 0 Å². The normalized spacial score (nSPS) is 12.5. The van der Waals surface area contributed by atoms with Gasteiger partial charge in [0.1, 0.15) is 13.2 Å². The van der Waals surface area contributed by atoms with Gasteiger partial charge in [0.25, 0.3) is 0 Å². The number of esters is 3. The molecule has 0 spiro atoms. The van der Waals surface area contributed by atoms with Gasteiger partial charge < -0.3 is 14.2 Å². The smallest absolute Gasteiger partial charge is 0.306 e. The minimum Gasteiger partial charge on any atom is -0.462 e. The van der Waals surface area contributed by atoms with Crippen molar-refractivity contribution in [1.82, 2.24) is 0 Å². The SMILES string of the molecule is CC/C=C\C/C=C\C/C=C\C/C=C\C/C=C\C/C=C\CCCCCCCCCCCCCCCCC(=O)OCC(COC(=O)CCCCCCCC)OC(=O)CCCCCCCCCCCCCCCCCCCCCCCCCC. The number of carbonyl (C=O) groups excluding carboxylic acids is 3. The highest BCUT2D eigenvalue weighted by atomic mass is 16.6. The van der Waals surface area contributed by atoms with Crippen molar-refractivity contribution in [2.75, 3.05) is 13.2 Å². The van der Waals surface area contributed by atoms with Gasteiger partial charge in [-0.05, 0) is 70.6 Å². The van der Waals surface area contributed by atoms with Crippen molar-refractivity contribution in [3.8, 4) is 0 Å². The molecule has 0 aliphatic heterocycles. The van der Waals surface area contributed by atoms with E-state index in [2.05, 4.69) is 93.7 Å². The fourth-order valence-corrected chi connectivity index (χ4v) is 10.5. The number of rotatable bonds is 65. The molecule has 0 saturated heterocycles. The Morgan fingerprint density at radius 1 is 0.259 bits per heavy atom. The van der Waals surface area contributed by atoms with Gasteiger partial charge in [0, 0.05) is 19.3 Å². The summed E-state index contributed by atoms with van der Waals surface area (Å²) in [6, 6.07) is 0. The van der Waals surface area contributed by atoms with Crippen LogP contribution in [0.5, 0.6) is 0 Å². The number of unbranched alkanes of at least 4 members (excludes halogenated alkanes) is 42. The first kappa shape index (κ1) is 77.9. The van der Waals surface area contributed by atoms with Gasteiger partial charge in [-0.25, -0.2) is 0 Å². The van der Waals surface area contributed by atoms with Crippen molar-refractivity contribution in [1.29, 1.82) is 0 Å². The van der Waals surface area contributed by atoms with E-state index in [0.717, 1.165) is 96.3 Å². The Bertz CT molecular complexity index is 1490. The van der Waals surface area contributed by atoms with E-state index >= 15 is 0 Å². The van der Waals surface area contributed by atoms with E-state index in [0.29, 0.717) is 19.3 Å². The molecule has 81 heavy (non-hydrogen) atoms. The van der Waals surface area contributed by atoms with E-state index in [1.165, 1.54) is 231 Å². The van der Waals surface area contributed by atoms with Crippen molar-refractivity contribution < 1.29 is 28.6 Å². The summed E-state index contributed by atoms with van der Waals surface area (Å²) in [5.74, 6) is -0.858. The number of allylic oxidation sites excluding steroid dienone is 12. The van der Waals surface area contributed by atoms with Crippen molar-refractivity contribution in [3.63, 3.8) is 0 Å². The van der Waals surface area contributed by atoms with Crippen LogP contribution in [0.3, 0.4) is 0 Å². The minimum atomic E-state index is -0.770. The Kier molecular flexibility index (Phi) is 66.6. The molecule has 0 fully saturated rings. The van der Waals surface area contributed by atoms with Gasteiger partial charge in [-0.3, -0.25) is 14.4 Å². The second-order valence-corrected chi connectivity index (χ2v) is 23.8. The van der Waals surface area contributed by atoms with Crippen LogP contribution in [0.1, 0.15) is 367 Å². The van der Waals surface area contributed by atoms with Crippen LogP contribution in [0.2, 0.25) is 0 Å². The Hall–Kier alpha value is -3.15. The molecule has 0 heterocycles. The van der Waals surface area contributed by atoms with Gasteiger partial charge in [-0.1, -0.05) is 351 Å². The third-order valence-corrected chi connectivity index (χ3v) is 15.7. The number of hydrogen-bond donors (Lipinski definition) is 0. The monoisotopic (exact) mass is 1130 g/mol. The molecule has 6 heteroatoms. The largest absolute Gasteiger partial charge is 0.462 e. The summed E-state index contributed by atoms with van der Waals surface area (Å²) < 4.78 is 16.9. The fraction of sp³-hybridized carbons (Fsp3) is 0.800. The topological polar surface area (TPSA) is 78.9 Å². The lowest BCUT2D eigenvalue weighted by atomic mass is 10.0. The molecule has 0 N–H and O–H groups in total. The summed E-state index contributed by atoms with van der Waals surface area (Å²) in [7, 11) is 0. The van der Waals surface area contributed by atoms with Crippen LogP contribution in [0, 0.1) is 0 Å². The molecule has 0 bridgehead atoms. The van der Waals surface area contributed by atoms with Gasteiger partial charge in [-0.2, -0.15) is 0 Å². The molecule has 6 nitrogen and oxygen atoms in total. The predicted octanol–water partition coefficient (Wildman–Crippen LogP) is 24.4. The fourth-order valence-electron chi connectivity index (χ4n) is 10.5. The zero-order valence-electron chi connectivity index (χ0n) is 54.1. The van der Waals surface area contributed by atoms with E-state index in [9.17, 15) is 14.4 Å². The van der Waals surface area contributed by atoms with Crippen LogP contribution in [0.4, 0.5) is 0 Å². The summed E-state index contributed by atoms with van der Waals surface area (Å²) in [5, 5.41) is 0. The summed E-state index contributed by atoms with van der Waals surface area (Å²) >= 11 is 0. The average molecular weight is 1130 g/mol. The molecule has 0 saturated carbocycles. The molecular formula is C75H134O6. The molecule has 1 unspecified atom stereocenters. The molecule has 0 amide bonds. The standard InChI is InChI=1S/C75H134O6/c1-4-7-10-13-16-18-20-22-24-26-28-30-32-34-35-36-37-38-39-40-41-42-44-45-47-49-51-53-55-57-59-62-65-68-74(77)80-71-72(70-79-73(76)67-64-61-15-12-9-6-3)81-75(78)69-66-63-60-58-56-54-52-50-48-46-43-33-31-29-27-25-23-21-19-17-14-11-8-5-2/h7,10,16,18,22,24,28,30,34-35,37-38,72H,4-6,8-9,11-15,17,19-21,23,25-27,29,31-33,36,39-71H2,1-3H3/b10-7-,18-16-,24-22-,30-28-,35-34-,38-37-. The molecule has 0 aromatic carbocycles. The number of carbonyl (C=O) groups is 3. The molecular weight excluding hydrogens is 997 g/mol. The summed E-state index contributed by atoms with van der Waals surface area (Å²) in [6.07, 6.45) is 91.2. The lowest BCUT2D eigenvalue weighted by Gasteiger charge is -2.18. The Labute approximate surface area is 503 Å². The lowest BCUT2D eigenvalue weighted by Crippen LogP contribution is -2.30. The number of hydrogen-bond acceptors (Lipinski definition) is 6. The maximum absolute atomic E-state index is 12.9. The third-order valence-electron chi connectivity index (χ3n) is 15.7. The van der Waals surface area contributed by atoms with Crippen molar-refractivity contribution in [2.24, 2.45) is 0 Å². The Balaban J connectivity index is 3.99. The van der Waals surface area contributed by atoms with Gasteiger partial charge >= 0.3 is 17.9 Å². The van der Waals surface area contributed by atoms with E-state index < -0.39 is 6.10 Å². The first-order valence-electron chi connectivity index (χ1n) is 35.4. The highest BCUT2D eigenvalue weighted by Gasteiger charge is 2.19. The van der Waals surface area contributed by atoms with Crippen LogP contribution in [0.15, 0.2) is 72.9 Å². The molecule has 0 aromatic rings. The summed E-state index contributed by atoms with van der Waals surface area (Å²) in [6.45, 7) is 6.52. The molecule has 0 rings (SSSR count). The van der Waals surface area contributed by atoms with Crippen LogP contribution in [-0.2, 0) is 28.6 Å². The maximum Gasteiger partial charge on any atom is 0.306 e. The molecule has 0 radical (unpaired) electrons. The zero-order valence-corrected chi connectivity index (χ0v) is 54.1. The zero-order chi connectivity index (χ0) is 58.5. The van der Waals surface area contributed by atoms with E-state index in [1.807, 2.05) is 0 Å². The molecule has 470 valence electrons. The predicted molar refractivity (Wildman–Crippen MR) is 353 cm³/mol. The molecule has 0 aromatic heterocycles. The highest BCUT2D eigenvalue weighted by Crippen LogP contribution is 2.18. The summed E-state index contributed by atoms with van der Waals surface area (Å²) in [5.41, 5.74) is 0. The first-order chi connectivity index (χ1) is 40.0.